The van der Waals surface area contributed by atoms with Gasteiger partial charge in [-0.2, -0.15) is 10.1 Å². The summed E-state index contributed by atoms with van der Waals surface area (Å²) in [5, 5.41) is 4.01. The minimum absolute atomic E-state index is 0.0848. The van der Waals surface area contributed by atoms with Gasteiger partial charge in [-0.25, -0.2) is 8.91 Å². The number of hydrogen-bond acceptors (Lipinski definition) is 4. The molecule has 0 unspecified atom stereocenters. The van der Waals surface area contributed by atoms with E-state index in [1.165, 1.54) is 12.1 Å². The monoisotopic (exact) mass is 244 g/mol. The Morgan fingerprint density at radius 1 is 1.22 bits per heavy atom. The second kappa shape index (κ2) is 3.99. The summed E-state index contributed by atoms with van der Waals surface area (Å²) in [5.74, 6) is 0.197. The molecule has 0 saturated heterocycles. The van der Waals surface area contributed by atoms with Crippen molar-refractivity contribution in [3.8, 4) is 11.6 Å². The van der Waals surface area contributed by atoms with Gasteiger partial charge < -0.3 is 10.5 Å². The Morgan fingerprint density at radius 2 is 2.11 bits per heavy atom. The third kappa shape index (κ3) is 1.84. The van der Waals surface area contributed by atoms with Crippen LogP contribution in [0.4, 0.5) is 10.1 Å². The first-order chi connectivity index (χ1) is 8.72. The van der Waals surface area contributed by atoms with Gasteiger partial charge in [-0.3, -0.25) is 0 Å². The number of rotatable bonds is 2. The van der Waals surface area contributed by atoms with E-state index in [4.69, 9.17) is 10.5 Å². The maximum Gasteiger partial charge on any atom is 0.222 e. The number of aromatic nitrogens is 3. The number of benzene rings is 1. The van der Waals surface area contributed by atoms with Crippen LogP contribution in [0, 0.1) is 5.82 Å². The van der Waals surface area contributed by atoms with Gasteiger partial charge in [0.15, 0.2) is 5.65 Å². The molecule has 0 spiro atoms. The molecular weight excluding hydrogens is 235 g/mol. The number of anilines is 1. The van der Waals surface area contributed by atoms with Crippen LogP contribution in [0.5, 0.6) is 11.6 Å². The minimum atomic E-state index is -0.516. The summed E-state index contributed by atoms with van der Waals surface area (Å²) >= 11 is 0. The summed E-state index contributed by atoms with van der Waals surface area (Å²) in [7, 11) is 0. The lowest BCUT2D eigenvalue weighted by molar-refractivity contribution is 0.458. The van der Waals surface area contributed by atoms with Gasteiger partial charge in [0.2, 0.25) is 5.88 Å². The molecule has 18 heavy (non-hydrogen) atoms. The fourth-order valence-corrected chi connectivity index (χ4v) is 1.54. The molecule has 0 fully saturated rings. The van der Waals surface area contributed by atoms with E-state index >= 15 is 0 Å². The van der Waals surface area contributed by atoms with Crippen molar-refractivity contribution in [1.29, 1.82) is 0 Å². The van der Waals surface area contributed by atoms with Crippen molar-refractivity contribution < 1.29 is 9.13 Å². The molecular formula is C12H9FN4O. The summed E-state index contributed by atoms with van der Waals surface area (Å²) in [6.45, 7) is 0. The van der Waals surface area contributed by atoms with Crippen LogP contribution < -0.4 is 10.5 Å². The van der Waals surface area contributed by atoms with Gasteiger partial charge in [0.05, 0.1) is 11.9 Å². The Hall–Kier alpha value is -2.63. The molecule has 0 aliphatic heterocycles. The Balaban J connectivity index is 1.92. The standard InChI is InChI=1S/C12H9FN4O/c13-9-7-8(1-2-10(9)14)18-12-4-6-17-11(16-12)3-5-15-17/h1-7H,14H2. The number of halogens is 1. The van der Waals surface area contributed by atoms with E-state index in [-0.39, 0.29) is 5.69 Å². The fraction of sp³-hybridized carbons (Fsp3) is 0. The fourth-order valence-electron chi connectivity index (χ4n) is 1.54. The highest BCUT2D eigenvalue weighted by Crippen LogP contribution is 2.23. The molecule has 0 radical (unpaired) electrons. The first kappa shape index (κ1) is 10.5. The summed E-state index contributed by atoms with van der Waals surface area (Å²) in [6, 6.07) is 7.64. The number of nitrogens with zero attached hydrogens (tertiary/aromatic N) is 3. The van der Waals surface area contributed by atoms with Gasteiger partial charge in [0.1, 0.15) is 11.6 Å². The van der Waals surface area contributed by atoms with Crippen LogP contribution in [-0.2, 0) is 0 Å². The van der Waals surface area contributed by atoms with Gasteiger partial charge in [-0.15, -0.1) is 0 Å². The second-order valence-electron chi connectivity index (χ2n) is 3.69. The lowest BCUT2D eigenvalue weighted by atomic mass is 10.3. The zero-order chi connectivity index (χ0) is 12.5. The Labute approximate surface area is 102 Å². The van der Waals surface area contributed by atoms with Crippen molar-refractivity contribution in [2.75, 3.05) is 5.73 Å². The topological polar surface area (TPSA) is 65.4 Å². The van der Waals surface area contributed by atoms with Crippen LogP contribution in [0.15, 0.2) is 42.7 Å². The van der Waals surface area contributed by atoms with Crippen molar-refractivity contribution in [2.24, 2.45) is 0 Å². The molecule has 0 aliphatic carbocycles. The molecule has 0 bridgehead atoms. The Morgan fingerprint density at radius 3 is 2.94 bits per heavy atom. The van der Waals surface area contributed by atoms with Gasteiger partial charge in [-0.05, 0) is 12.1 Å². The Bertz CT molecular complexity index is 710. The molecule has 5 nitrogen and oxygen atoms in total. The lowest BCUT2D eigenvalue weighted by Gasteiger charge is -2.05. The summed E-state index contributed by atoms with van der Waals surface area (Å²) in [5.41, 5.74) is 6.13. The number of ether oxygens (including phenoxy) is 1. The molecule has 0 saturated carbocycles. The van der Waals surface area contributed by atoms with Crippen molar-refractivity contribution in [3.05, 3.63) is 48.5 Å². The zero-order valence-corrected chi connectivity index (χ0v) is 9.25. The van der Waals surface area contributed by atoms with Crippen LogP contribution >= 0.6 is 0 Å². The van der Waals surface area contributed by atoms with E-state index in [2.05, 4.69) is 10.1 Å². The smallest absolute Gasteiger partial charge is 0.222 e. The van der Waals surface area contributed by atoms with Gasteiger partial charge in [-0.1, -0.05) is 0 Å². The third-order valence-corrected chi connectivity index (χ3v) is 2.43. The molecule has 2 heterocycles. The van der Waals surface area contributed by atoms with Gasteiger partial charge in [0, 0.05) is 24.4 Å². The molecule has 90 valence electrons. The molecule has 2 N–H and O–H groups in total. The second-order valence-corrected chi connectivity index (χ2v) is 3.69. The largest absolute Gasteiger partial charge is 0.439 e. The molecule has 0 aliphatic rings. The van der Waals surface area contributed by atoms with Crippen LogP contribution in [0.1, 0.15) is 0 Å². The number of hydrogen-bond donors (Lipinski definition) is 1. The highest BCUT2D eigenvalue weighted by atomic mass is 19.1. The van der Waals surface area contributed by atoms with Crippen LogP contribution in [0.2, 0.25) is 0 Å². The number of nitrogen functional groups attached to an aromatic ring is 1. The highest BCUT2D eigenvalue weighted by Gasteiger charge is 2.04. The molecule has 2 aromatic heterocycles. The number of nitrogens with two attached hydrogens (primary N) is 1. The van der Waals surface area contributed by atoms with Gasteiger partial charge >= 0.3 is 0 Å². The molecule has 0 amide bonds. The lowest BCUT2D eigenvalue weighted by Crippen LogP contribution is -1.94. The first-order valence-electron chi connectivity index (χ1n) is 5.26. The minimum Gasteiger partial charge on any atom is -0.439 e. The van der Waals surface area contributed by atoms with E-state index in [9.17, 15) is 4.39 Å². The highest BCUT2D eigenvalue weighted by molar-refractivity contribution is 5.45. The summed E-state index contributed by atoms with van der Waals surface area (Å²) in [4.78, 5) is 4.21. The van der Waals surface area contributed by atoms with Crippen LogP contribution in [0.3, 0.4) is 0 Å². The number of fused-ring (bicyclic) bond motifs is 1. The molecule has 0 atom stereocenters. The normalized spacial score (nSPS) is 10.7. The quantitative estimate of drug-likeness (QED) is 0.702. The van der Waals surface area contributed by atoms with E-state index < -0.39 is 5.82 Å². The predicted molar refractivity (Wildman–Crippen MR) is 63.9 cm³/mol. The van der Waals surface area contributed by atoms with E-state index in [0.717, 1.165) is 0 Å². The maximum absolute atomic E-state index is 13.2. The summed E-state index contributed by atoms with van der Waals surface area (Å²) < 4.78 is 20.3. The maximum atomic E-state index is 13.2. The average molecular weight is 244 g/mol. The SMILES string of the molecule is Nc1ccc(Oc2ccn3nccc3n2)cc1F. The van der Waals surface area contributed by atoms with E-state index in [0.29, 0.717) is 17.3 Å². The first-order valence-corrected chi connectivity index (χ1v) is 5.26. The van der Waals surface area contributed by atoms with E-state index in [1.54, 1.807) is 35.1 Å². The molecule has 3 aromatic rings. The molecule has 1 aromatic carbocycles. The molecule has 6 heteroatoms. The zero-order valence-electron chi connectivity index (χ0n) is 9.25. The third-order valence-electron chi connectivity index (χ3n) is 2.43. The Kier molecular flexibility index (Phi) is 2.33. The van der Waals surface area contributed by atoms with Crippen LogP contribution in [-0.4, -0.2) is 14.6 Å². The predicted octanol–water partition coefficient (Wildman–Crippen LogP) is 2.24. The van der Waals surface area contributed by atoms with Crippen molar-refractivity contribution >= 4 is 11.3 Å². The summed E-state index contributed by atoms with van der Waals surface area (Å²) in [6.07, 6.45) is 3.35. The van der Waals surface area contributed by atoms with Gasteiger partial charge in [0.25, 0.3) is 0 Å². The van der Waals surface area contributed by atoms with E-state index in [1.807, 2.05) is 0 Å². The van der Waals surface area contributed by atoms with Crippen molar-refractivity contribution in [3.63, 3.8) is 0 Å². The van der Waals surface area contributed by atoms with Crippen molar-refractivity contribution in [1.82, 2.24) is 14.6 Å². The van der Waals surface area contributed by atoms with Crippen molar-refractivity contribution in [2.45, 2.75) is 0 Å². The van der Waals surface area contributed by atoms with Crippen LogP contribution in [0.25, 0.3) is 5.65 Å². The molecule has 3 rings (SSSR count). The average Bonchev–Trinajstić information content (AvgIpc) is 2.81.